The second kappa shape index (κ2) is 9.78. The van der Waals surface area contributed by atoms with Crippen LogP contribution in [-0.4, -0.2) is 32.7 Å². The molecule has 0 bridgehead atoms. The van der Waals surface area contributed by atoms with Crippen molar-refractivity contribution >= 4 is 39.6 Å². The number of halogens is 1. The van der Waals surface area contributed by atoms with E-state index in [0.29, 0.717) is 33.8 Å². The topological polar surface area (TPSA) is 73.9 Å². The number of hydrogen-bond donors (Lipinski definition) is 1. The molecule has 1 N–H and O–H groups in total. The molecule has 0 saturated carbocycles. The number of hydrogen-bond acceptors (Lipinski definition) is 5. The molecule has 0 aliphatic heterocycles. The maximum Gasteiger partial charge on any atom is 0.330 e. The summed E-state index contributed by atoms with van der Waals surface area (Å²) in [5.74, 6) is 0.305. The molecule has 6 nitrogen and oxygen atoms in total. The first-order valence-corrected chi connectivity index (χ1v) is 8.95. The van der Waals surface area contributed by atoms with Crippen LogP contribution in [0.5, 0.6) is 11.5 Å². The number of carbonyl (C=O) groups excluding carboxylic acids is 2. The summed E-state index contributed by atoms with van der Waals surface area (Å²) >= 11 is 3.37. The van der Waals surface area contributed by atoms with Crippen LogP contribution in [0.15, 0.2) is 46.9 Å². The Hall–Kier alpha value is -2.80. The number of amides is 1. The number of esters is 1. The minimum absolute atomic E-state index is 0.297. The van der Waals surface area contributed by atoms with Crippen molar-refractivity contribution in [3.8, 4) is 11.5 Å². The van der Waals surface area contributed by atoms with Crippen LogP contribution in [-0.2, 0) is 9.53 Å². The Labute approximate surface area is 166 Å². The molecule has 2 aromatic carbocycles. The van der Waals surface area contributed by atoms with E-state index in [-0.39, 0.29) is 5.91 Å². The van der Waals surface area contributed by atoms with Gasteiger partial charge in [-0.3, -0.25) is 4.79 Å². The molecule has 0 aromatic heterocycles. The number of carbonyl (C=O) groups is 2. The highest BCUT2D eigenvalue weighted by Gasteiger charge is 2.14. The molecule has 7 heteroatoms. The summed E-state index contributed by atoms with van der Waals surface area (Å²) in [5, 5.41) is 2.81. The third-order valence-electron chi connectivity index (χ3n) is 3.57. The molecule has 0 saturated heterocycles. The Bertz CT molecular complexity index is 821. The molecule has 2 rings (SSSR count). The Morgan fingerprint density at radius 1 is 1.07 bits per heavy atom. The molecule has 27 heavy (non-hydrogen) atoms. The zero-order valence-electron chi connectivity index (χ0n) is 15.2. The van der Waals surface area contributed by atoms with Gasteiger partial charge >= 0.3 is 5.97 Å². The Morgan fingerprint density at radius 2 is 1.67 bits per heavy atom. The summed E-state index contributed by atoms with van der Waals surface area (Å²) < 4.78 is 16.0. The third kappa shape index (κ3) is 5.59. The van der Waals surface area contributed by atoms with Gasteiger partial charge in [-0.05, 0) is 58.8 Å². The summed E-state index contributed by atoms with van der Waals surface area (Å²) in [6, 6.07) is 10.3. The molecule has 142 valence electrons. The van der Waals surface area contributed by atoms with Crippen molar-refractivity contribution in [3.05, 3.63) is 58.1 Å². The molecule has 2 aromatic rings. The Kier molecular flexibility index (Phi) is 7.43. The first-order chi connectivity index (χ1) is 13.0. The van der Waals surface area contributed by atoms with Crippen molar-refractivity contribution < 1.29 is 23.8 Å². The molecule has 0 spiro atoms. The van der Waals surface area contributed by atoms with E-state index in [1.807, 2.05) is 0 Å². The zero-order valence-corrected chi connectivity index (χ0v) is 16.8. The van der Waals surface area contributed by atoms with E-state index >= 15 is 0 Å². The number of benzene rings is 2. The molecule has 0 unspecified atom stereocenters. The van der Waals surface area contributed by atoms with Gasteiger partial charge in [-0.25, -0.2) is 4.79 Å². The van der Waals surface area contributed by atoms with E-state index < -0.39 is 5.97 Å². The molecule has 0 aliphatic rings. The minimum Gasteiger partial charge on any atom is -0.495 e. The predicted octanol–water partition coefficient (Wildman–Crippen LogP) is 4.29. The standard InChI is InChI=1S/C20H20BrNO5/c1-4-27-18(23)10-7-13-5-8-15(9-6-13)22-20(24)14-11-16(25-2)19(21)17(12-14)26-3/h5-12H,4H2,1-3H3,(H,22,24)/b10-7+. The molecular weight excluding hydrogens is 414 g/mol. The number of ether oxygens (including phenoxy) is 3. The van der Waals surface area contributed by atoms with Crippen LogP contribution in [0.1, 0.15) is 22.8 Å². The molecule has 0 heterocycles. The monoisotopic (exact) mass is 433 g/mol. The maximum atomic E-state index is 12.5. The van der Waals surface area contributed by atoms with Crippen molar-refractivity contribution in [2.45, 2.75) is 6.92 Å². The average molecular weight is 434 g/mol. The fraction of sp³-hybridized carbons (Fsp3) is 0.200. The van der Waals surface area contributed by atoms with Gasteiger partial charge < -0.3 is 19.5 Å². The third-order valence-corrected chi connectivity index (χ3v) is 4.36. The van der Waals surface area contributed by atoms with E-state index in [1.165, 1.54) is 20.3 Å². The van der Waals surface area contributed by atoms with Gasteiger partial charge in [0.15, 0.2) is 0 Å². The van der Waals surface area contributed by atoms with Gasteiger partial charge in [-0.15, -0.1) is 0 Å². The van der Waals surface area contributed by atoms with Crippen LogP contribution >= 0.6 is 15.9 Å². The van der Waals surface area contributed by atoms with Crippen LogP contribution in [0.25, 0.3) is 6.08 Å². The highest BCUT2D eigenvalue weighted by atomic mass is 79.9. The summed E-state index contributed by atoms with van der Waals surface area (Å²) in [7, 11) is 3.04. The van der Waals surface area contributed by atoms with Crippen molar-refractivity contribution in [3.63, 3.8) is 0 Å². The number of rotatable bonds is 7. The lowest BCUT2D eigenvalue weighted by molar-refractivity contribution is -0.137. The normalized spacial score (nSPS) is 10.5. The largest absolute Gasteiger partial charge is 0.495 e. The maximum absolute atomic E-state index is 12.5. The number of anilines is 1. The molecule has 0 aliphatic carbocycles. The first kappa shape index (κ1) is 20.5. The quantitative estimate of drug-likeness (QED) is 0.520. The first-order valence-electron chi connectivity index (χ1n) is 8.16. The van der Waals surface area contributed by atoms with Gasteiger partial charge in [-0.2, -0.15) is 0 Å². The van der Waals surface area contributed by atoms with Crippen molar-refractivity contribution in [2.75, 3.05) is 26.1 Å². The highest BCUT2D eigenvalue weighted by Crippen LogP contribution is 2.35. The smallest absolute Gasteiger partial charge is 0.330 e. The average Bonchev–Trinajstić information content (AvgIpc) is 2.67. The molecule has 0 radical (unpaired) electrons. The summed E-state index contributed by atoms with van der Waals surface area (Å²) in [5.41, 5.74) is 1.83. The SMILES string of the molecule is CCOC(=O)/C=C/c1ccc(NC(=O)c2cc(OC)c(Br)c(OC)c2)cc1. The zero-order chi connectivity index (χ0) is 19.8. The van der Waals surface area contributed by atoms with E-state index in [1.54, 1.807) is 49.4 Å². The van der Waals surface area contributed by atoms with Crippen LogP contribution < -0.4 is 14.8 Å². The Balaban J connectivity index is 2.11. The van der Waals surface area contributed by atoms with Crippen molar-refractivity contribution in [1.29, 1.82) is 0 Å². The van der Waals surface area contributed by atoms with Crippen molar-refractivity contribution in [2.24, 2.45) is 0 Å². The van der Waals surface area contributed by atoms with E-state index in [4.69, 9.17) is 14.2 Å². The fourth-order valence-electron chi connectivity index (χ4n) is 2.24. The van der Waals surface area contributed by atoms with Gasteiger partial charge in [0.2, 0.25) is 0 Å². The van der Waals surface area contributed by atoms with E-state index in [0.717, 1.165) is 5.56 Å². The summed E-state index contributed by atoms with van der Waals surface area (Å²) in [4.78, 5) is 23.8. The second-order valence-electron chi connectivity index (χ2n) is 5.36. The molecular formula is C20H20BrNO5. The summed E-state index contributed by atoms with van der Waals surface area (Å²) in [6.45, 7) is 2.08. The molecule has 1 amide bonds. The van der Waals surface area contributed by atoms with Gasteiger partial charge in [0.05, 0.1) is 20.8 Å². The Morgan fingerprint density at radius 3 is 2.19 bits per heavy atom. The lowest BCUT2D eigenvalue weighted by Gasteiger charge is -2.12. The number of methoxy groups -OCH3 is 2. The van der Waals surface area contributed by atoms with Crippen LogP contribution in [0.4, 0.5) is 5.69 Å². The highest BCUT2D eigenvalue weighted by molar-refractivity contribution is 9.10. The van der Waals surface area contributed by atoms with Crippen LogP contribution in [0.2, 0.25) is 0 Å². The lowest BCUT2D eigenvalue weighted by atomic mass is 10.1. The van der Waals surface area contributed by atoms with Gasteiger partial charge in [0.25, 0.3) is 5.91 Å². The van der Waals surface area contributed by atoms with Crippen LogP contribution in [0.3, 0.4) is 0 Å². The van der Waals surface area contributed by atoms with Gasteiger partial charge in [-0.1, -0.05) is 12.1 Å². The predicted molar refractivity (Wildman–Crippen MR) is 107 cm³/mol. The van der Waals surface area contributed by atoms with E-state index in [9.17, 15) is 9.59 Å². The van der Waals surface area contributed by atoms with Gasteiger partial charge in [0.1, 0.15) is 16.0 Å². The van der Waals surface area contributed by atoms with Gasteiger partial charge in [0, 0.05) is 17.3 Å². The lowest BCUT2D eigenvalue weighted by Crippen LogP contribution is -2.12. The van der Waals surface area contributed by atoms with Crippen LogP contribution in [0, 0.1) is 0 Å². The van der Waals surface area contributed by atoms with E-state index in [2.05, 4.69) is 21.2 Å². The number of nitrogens with one attached hydrogen (secondary N) is 1. The van der Waals surface area contributed by atoms with Crippen molar-refractivity contribution in [1.82, 2.24) is 0 Å². The molecule has 0 atom stereocenters. The fourth-order valence-corrected chi connectivity index (χ4v) is 2.79. The molecule has 0 fully saturated rings. The summed E-state index contributed by atoms with van der Waals surface area (Å²) in [6.07, 6.45) is 3.01. The minimum atomic E-state index is -0.395. The second-order valence-corrected chi connectivity index (χ2v) is 6.15.